The fourth-order valence-corrected chi connectivity index (χ4v) is 3.63. The van der Waals surface area contributed by atoms with Gasteiger partial charge >= 0.3 is 6.18 Å². The summed E-state index contributed by atoms with van der Waals surface area (Å²) < 4.78 is 39.1. The van der Waals surface area contributed by atoms with Crippen LogP contribution in [0.3, 0.4) is 0 Å². The van der Waals surface area contributed by atoms with Crippen LogP contribution in [0.5, 0.6) is 5.75 Å². The van der Waals surface area contributed by atoms with E-state index in [1.54, 1.807) is 18.2 Å². The minimum absolute atomic E-state index is 0. The normalized spacial score (nSPS) is 16.8. The molecular weight excluding hydrogens is 425 g/mol. The van der Waals surface area contributed by atoms with Gasteiger partial charge in [0, 0.05) is 33.0 Å². The number of fused-ring (bicyclic) bond motifs is 1. The lowest BCUT2D eigenvalue weighted by Gasteiger charge is -2.39. The molecule has 0 bridgehead atoms. The number of aromatic hydroxyl groups is 1. The van der Waals surface area contributed by atoms with E-state index in [4.69, 9.17) is 0 Å². The van der Waals surface area contributed by atoms with E-state index in [-0.39, 0.29) is 33.4 Å². The molecule has 10 heteroatoms. The van der Waals surface area contributed by atoms with E-state index in [1.807, 2.05) is 29.2 Å². The molecule has 4 rings (SSSR count). The number of rotatable bonds is 3. The number of aliphatic hydroxyl groups is 1. The minimum atomic E-state index is -5.06. The fraction of sp³-hybridized carbons (Fsp3) is 0.318. The number of aromatic nitrogens is 2. The highest BCUT2D eigenvalue weighted by atomic mass is 19.4. The Morgan fingerprint density at radius 2 is 1.62 bits per heavy atom. The predicted octanol–water partition coefficient (Wildman–Crippen LogP) is 3.21. The van der Waals surface area contributed by atoms with Crippen LogP contribution in [0.2, 0.25) is 0 Å². The third-order valence-electron chi connectivity index (χ3n) is 5.56. The van der Waals surface area contributed by atoms with Crippen molar-refractivity contribution < 1.29 is 29.6 Å². The standard InChI is InChI=1S/C22H21F3N4O3.H2/c1-21(32,22(23,24)25)20(31)29-12-10-28(11-13-29)19-14-6-2-4-8-16(14)26-18(27-19)15-7-3-5-9-17(15)30;/h2-9,30,32H,10-13H2,1H3;1H. The summed E-state index contributed by atoms with van der Waals surface area (Å²) >= 11 is 0. The van der Waals surface area contributed by atoms with Crippen LogP contribution >= 0.6 is 0 Å². The SMILES string of the molecule is CC(O)(C(=O)N1CCN(c2nc(-c3ccccc3O)nc3ccccc23)CC1)C(F)(F)F.[HH]. The van der Waals surface area contributed by atoms with E-state index >= 15 is 0 Å². The number of piperazine rings is 1. The molecule has 1 atom stereocenters. The molecule has 1 unspecified atom stereocenters. The monoisotopic (exact) mass is 448 g/mol. The molecule has 1 aliphatic heterocycles. The van der Waals surface area contributed by atoms with E-state index in [0.717, 1.165) is 10.3 Å². The van der Waals surface area contributed by atoms with Crippen molar-refractivity contribution in [2.75, 3.05) is 31.1 Å². The molecule has 3 aromatic rings. The fourth-order valence-electron chi connectivity index (χ4n) is 3.63. The largest absolute Gasteiger partial charge is 0.507 e. The van der Waals surface area contributed by atoms with Gasteiger partial charge in [0.2, 0.25) is 5.60 Å². The summed E-state index contributed by atoms with van der Waals surface area (Å²) in [6.07, 6.45) is -5.06. The van der Waals surface area contributed by atoms with Gasteiger partial charge in [-0.25, -0.2) is 9.97 Å². The van der Waals surface area contributed by atoms with E-state index in [2.05, 4.69) is 9.97 Å². The molecule has 1 aromatic heterocycles. The Labute approximate surface area is 183 Å². The Kier molecular flexibility index (Phi) is 5.41. The third kappa shape index (κ3) is 3.81. The second-order valence-corrected chi connectivity index (χ2v) is 7.75. The Morgan fingerprint density at radius 3 is 2.28 bits per heavy atom. The zero-order valence-electron chi connectivity index (χ0n) is 17.2. The lowest BCUT2D eigenvalue weighted by Crippen LogP contribution is -2.60. The number of carbonyl (C=O) groups excluding carboxylic acids is 1. The number of halogens is 3. The van der Waals surface area contributed by atoms with Gasteiger partial charge in [-0.3, -0.25) is 4.79 Å². The second kappa shape index (κ2) is 7.94. The van der Waals surface area contributed by atoms with E-state index < -0.39 is 17.7 Å². The van der Waals surface area contributed by atoms with Crippen LogP contribution in [0.25, 0.3) is 22.3 Å². The molecule has 0 spiro atoms. The van der Waals surface area contributed by atoms with Crippen molar-refractivity contribution in [3.63, 3.8) is 0 Å². The first kappa shape index (κ1) is 21.8. The Morgan fingerprint density at radius 1 is 1.00 bits per heavy atom. The van der Waals surface area contributed by atoms with E-state index in [9.17, 15) is 28.2 Å². The summed E-state index contributed by atoms with van der Waals surface area (Å²) in [6, 6.07) is 14.0. The molecule has 2 N–H and O–H groups in total. The highest BCUT2D eigenvalue weighted by Gasteiger charge is 2.57. The number of alkyl halides is 3. The smallest absolute Gasteiger partial charge is 0.426 e. The molecule has 1 amide bonds. The summed E-state index contributed by atoms with van der Waals surface area (Å²) in [5.74, 6) is -0.468. The van der Waals surface area contributed by atoms with Crippen LogP contribution < -0.4 is 4.90 Å². The van der Waals surface area contributed by atoms with Crippen LogP contribution in [0.1, 0.15) is 8.35 Å². The molecular formula is C22H23F3N4O3. The van der Waals surface area contributed by atoms with Gasteiger partial charge in [-0.15, -0.1) is 0 Å². The average Bonchev–Trinajstić information content (AvgIpc) is 2.77. The van der Waals surface area contributed by atoms with Gasteiger partial charge in [0.15, 0.2) is 5.82 Å². The molecule has 0 saturated carbocycles. The first-order valence-electron chi connectivity index (χ1n) is 9.98. The molecule has 32 heavy (non-hydrogen) atoms. The average molecular weight is 448 g/mol. The summed E-state index contributed by atoms with van der Waals surface area (Å²) in [6.45, 7) is 0.907. The molecule has 1 aliphatic rings. The minimum Gasteiger partial charge on any atom is -0.507 e. The summed E-state index contributed by atoms with van der Waals surface area (Å²) in [5, 5.41) is 20.7. The van der Waals surface area contributed by atoms with Crippen LogP contribution in [0, 0.1) is 0 Å². The number of carbonyl (C=O) groups is 1. The zero-order chi connectivity index (χ0) is 23.1. The molecule has 2 aromatic carbocycles. The maximum absolute atomic E-state index is 13.0. The van der Waals surface area contributed by atoms with E-state index in [1.165, 1.54) is 6.07 Å². The second-order valence-electron chi connectivity index (χ2n) is 7.75. The van der Waals surface area contributed by atoms with Gasteiger partial charge in [0.1, 0.15) is 11.6 Å². The van der Waals surface area contributed by atoms with Crippen molar-refractivity contribution in [1.82, 2.24) is 14.9 Å². The van der Waals surface area contributed by atoms with Crippen molar-refractivity contribution in [2.24, 2.45) is 0 Å². The number of amides is 1. The first-order chi connectivity index (χ1) is 15.1. The Bertz CT molecular complexity index is 1170. The van der Waals surface area contributed by atoms with Gasteiger partial charge in [-0.05, 0) is 31.2 Å². The summed E-state index contributed by atoms with van der Waals surface area (Å²) in [7, 11) is 0. The molecule has 0 radical (unpaired) electrons. The molecule has 1 fully saturated rings. The molecule has 7 nitrogen and oxygen atoms in total. The zero-order valence-corrected chi connectivity index (χ0v) is 17.2. The Hall–Kier alpha value is -3.40. The Balaban J connectivity index is 0.00000306. The highest BCUT2D eigenvalue weighted by Crippen LogP contribution is 2.34. The number of anilines is 1. The van der Waals surface area contributed by atoms with Crippen molar-refractivity contribution in [3.05, 3.63) is 48.5 Å². The topological polar surface area (TPSA) is 89.8 Å². The number of para-hydroxylation sites is 2. The number of hydrogen-bond donors (Lipinski definition) is 2. The van der Waals surface area contributed by atoms with Crippen molar-refractivity contribution in [1.29, 1.82) is 0 Å². The van der Waals surface area contributed by atoms with Gasteiger partial charge < -0.3 is 20.0 Å². The summed E-state index contributed by atoms with van der Waals surface area (Å²) in [4.78, 5) is 24.3. The van der Waals surface area contributed by atoms with Crippen LogP contribution in [0.15, 0.2) is 48.5 Å². The number of benzene rings is 2. The number of phenols is 1. The molecule has 170 valence electrons. The maximum Gasteiger partial charge on any atom is 0.426 e. The maximum atomic E-state index is 13.0. The van der Waals surface area contributed by atoms with Gasteiger partial charge in [-0.2, -0.15) is 13.2 Å². The third-order valence-corrected chi connectivity index (χ3v) is 5.56. The predicted molar refractivity (Wildman–Crippen MR) is 114 cm³/mol. The van der Waals surface area contributed by atoms with Crippen LogP contribution in [0.4, 0.5) is 19.0 Å². The highest BCUT2D eigenvalue weighted by molar-refractivity contribution is 5.91. The van der Waals surface area contributed by atoms with Gasteiger partial charge in [0.25, 0.3) is 5.91 Å². The van der Waals surface area contributed by atoms with E-state index in [0.29, 0.717) is 29.6 Å². The van der Waals surface area contributed by atoms with Crippen molar-refractivity contribution >= 4 is 22.6 Å². The van der Waals surface area contributed by atoms with Crippen LogP contribution in [-0.4, -0.2) is 68.9 Å². The summed E-state index contributed by atoms with van der Waals surface area (Å²) in [5.41, 5.74) is -2.33. The lowest BCUT2D eigenvalue weighted by atomic mass is 10.0. The first-order valence-corrected chi connectivity index (χ1v) is 9.98. The lowest BCUT2D eigenvalue weighted by molar-refractivity contribution is -0.250. The molecule has 0 aliphatic carbocycles. The molecule has 1 saturated heterocycles. The van der Waals surface area contributed by atoms with Crippen LogP contribution in [-0.2, 0) is 4.79 Å². The quantitative estimate of drug-likeness (QED) is 0.640. The number of nitrogens with zero attached hydrogens (tertiary/aromatic N) is 4. The van der Waals surface area contributed by atoms with Gasteiger partial charge in [0.05, 0.1) is 11.1 Å². The number of hydrogen-bond acceptors (Lipinski definition) is 6. The van der Waals surface area contributed by atoms with Crippen molar-refractivity contribution in [3.8, 4) is 17.1 Å². The van der Waals surface area contributed by atoms with Gasteiger partial charge in [-0.1, -0.05) is 24.3 Å². The number of phenolic OH excluding ortho intramolecular Hbond substituents is 1. The van der Waals surface area contributed by atoms with Crippen molar-refractivity contribution in [2.45, 2.75) is 18.7 Å². The molecule has 2 heterocycles.